The molecule has 72 valence electrons. The molecule has 0 saturated carbocycles. The summed E-state index contributed by atoms with van der Waals surface area (Å²) in [7, 11) is 1.75. The Morgan fingerprint density at radius 1 is 1.43 bits per heavy atom. The number of halogens is 2. The van der Waals surface area contributed by atoms with E-state index in [1.165, 1.54) is 12.1 Å². The van der Waals surface area contributed by atoms with Gasteiger partial charge in [-0.2, -0.15) is 0 Å². The fourth-order valence-electron chi connectivity index (χ4n) is 1.14. The SMILES string of the molecule is Cn1cc(-c2ccc(Cl)c(F)c2)nn1. The summed E-state index contributed by atoms with van der Waals surface area (Å²) in [6.45, 7) is 0. The highest BCUT2D eigenvalue weighted by Gasteiger charge is 2.05. The van der Waals surface area contributed by atoms with Crippen LogP contribution in [0, 0.1) is 5.82 Å². The summed E-state index contributed by atoms with van der Waals surface area (Å²) in [5, 5.41) is 7.73. The first-order valence-corrected chi connectivity index (χ1v) is 4.36. The van der Waals surface area contributed by atoms with E-state index in [-0.39, 0.29) is 5.02 Å². The van der Waals surface area contributed by atoms with Gasteiger partial charge in [0.05, 0.1) is 11.2 Å². The molecule has 0 spiro atoms. The zero-order valence-corrected chi connectivity index (χ0v) is 8.16. The molecule has 1 aromatic heterocycles. The molecule has 0 N–H and O–H groups in total. The summed E-state index contributed by atoms with van der Waals surface area (Å²) in [4.78, 5) is 0. The summed E-state index contributed by atoms with van der Waals surface area (Å²) in [6.07, 6.45) is 1.71. The van der Waals surface area contributed by atoms with Gasteiger partial charge in [0.2, 0.25) is 0 Å². The van der Waals surface area contributed by atoms with E-state index < -0.39 is 5.82 Å². The van der Waals surface area contributed by atoms with Gasteiger partial charge in [0, 0.05) is 12.6 Å². The fraction of sp³-hybridized carbons (Fsp3) is 0.111. The molecule has 0 atom stereocenters. The molecule has 0 unspecified atom stereocenters. The van der Waals surface area contributed by atoms with E-state index in [9.17, 15) is 4.39 Å². The third-order valence-electron chi connectivity index (χ3n) is 1.82. The van der Waals surface area contributed by atoms with E-state index in [0.29, 0.717) is 11.3 Å². The van der Waals surface area contributed by atoms with Crippen LogP contribution in [0.1, 0.15) is 0 Å². The van der Waals surface area contributed by atoms with Crippen LogP contribution in [0.2, 0.25) is 5.02 Å². The van der Waals surface area contributed by atoms with Gasteiger partial charge in [-0.05, 0) is 12.1 Å². The Hall–Kier alpha value is -1.42. The molecule has 0 bridgehead atoms. The summed E-state index contributed by atoms with van der Waals surface area (Å²) in [5.74, 6) is -0.449. The lowest BCUT2D eigenvalue weighted by Crippen LogP contribution is -1.85. The van der Waals surface area contributed by atoms with Crippen molar-refractivity contribution < 1.29 is 4.39 Å². The molecule has 0 fully saturated rings. The van der Waals surface area contributed by atoms with Gasteiger partial charge in [-0.15, -0.1) is 5.10 Å². The Kier molecular flexibility index (Phi) is 2.21. The zero-order chi connectivity index (χ0) is 10.1. The van der Waals surface area contributed by atoms with E-state index in [4.69, 9.17) is 11.6 Å². The maximum Gasteiger partial charge on any atom is 0.142 e. The zero-order valence-electron chi connectivity index (χ0n) is 7.41. The monoisotopic (exact) mass is 211 g/mol. The van der Waals surface area contributed by atoms with Gasteiger partial charge in [-0.1, -0.05) is 22.9 Å². The van der Waals surface area contributed by atoms with Crippen molar-refractivity contribution in [2.45, 2.75) is 0 Å². The number of aryl methyl sites for hydroxylation is 1. The van der Waals surface area contributed by atoms with E-state index in [0.717, 1.165) is 0 Å². The second-order valence-corrected chi connectivity index (χ2v) is 3.31. The number of hydrogen-bond acceptors (Lipinski definition) is 2. The normalized spacial score (nSPS) is 10.5. The quantitative estimate of drug-likeness (QED) is 0.725. The number of aromatic nitrogens is 3. The largest absolute Gasteiger partial charge is 0.255 e. The number of hydrogen-bond donors (Lipinski definition) is 0. The van der Waals surface area contributed by atoms with Crippen LogP contribution < -0.4 is 0 Å². The summed E-state index contributed by atoms with van der Waals surface area (Å²) in [5.41, 5.74) is 1.29. The molecule has 0 amide bonds. The lowest BCUT2D eigenvalue weighted by Gasteiger charge is -1.97. The second kappa shape index (κ2) is 3.38. The number of benzene rings is 1. The first-order chi connectivity index (χ1) is 6.66. The van der Waals surface area contributed by atoms with Crippen molar-refractivity contribution in [3.05, 3.63) is 35.2 Å². The molecule has 5 heteroatoms. The van der Waals surface area contributed by atoms with Crippen LogP contribution >= 0.6 is 11.6 Å². The van der Waals surface area contributed by atoms with E-state index >= 15 is 0 Å². The van der Waals surface area contributed by atoms with Gasteiger partial charge in [0.25, 0.3) is 0 Å². The Balaban J connectivity index is 2.47. The van der Waals surface area contributed by atoms with Crippen LogP contribution in [0.25, 0.3) is 11.3 Å². The average Bonchev–Trinajstić information content (AvgIpc) is 2.57. The Morgan fingerprint density at radius 3 is 2.79 bits per heavy atom. The van der Waals surface area contributed by atoms with Gasteiger partial charge in [-0.3, -0.25) is 4.68 Å². The molecule has 1 heterocycles. The minimum atomic E-state index is -0.449. The molecule has 2 rings (SSSR count). The summed E-state index contributed by atoms with van der Waals surface area (Å²) >= 11 is 5.56. The first-order valence-electron chi connectivity index (χ1n) is 3.98. The molecule has 0 aliphatic heterocycles. The van der Waals surface area contributed by atoms with Crippen LogP contribution in [0.3, 0.4) is 0 Å². The predicted octanol–water partition coefficient (Wildman–Crippen LogP) is 2.27. The third kappa shape index (κ3) is 1.61. The van der Waals surface area contributed by atoms with Crippen LogP contribution in [0.15, 0.2) is 24.4 Å². The van der Waals surface area contributed by atoms with Gasteiger partial charge in [0.1, 0.15) is 11.5 Å². The highest BCUT2D eigenvalue weighted by atomic mass is 35.5. The van der Waals surface area contributed by atoms with Crippen molar-refractivity contribution in [3.63, 3.8) is 0 Å². The van der Waals surface area contributed by atoms with Crippen LogP contribution in [-0.4, -0.2) is 15.0 Å². The number of nitrogens with zero attached hydrogens (tertiary/aromatic N) is 3. The van der Waals surface area contributed by atoms with Crippen LogP contribution in [0.4, 0.5) is 4.39 Å². The summed E-state index contributed by atoms with van der Waals surface area (Å²) in [6, 6.07) is 4.54. The molecule has 14 heavy (non-hydrogen) atoms. The fourth-order valence-corrected chi connectivity index (χ4v) is 1.25. The van der Waals surface area contributed by atoms with Gasteiger partial charge < -0.3 is 0 Å². The molecule has 1 aromatic carbocycles. The molecule has 2 aromatic rings. The molecule has 0 radical (unpaired) electrons. The minimum absolute atomic E-state index is 0.109. The Morgan fingerprint density at radius 2 is 2.21 bits per heavy atom. The summed E-state index contributed by atoms with van der Waals surface area (Å²) < 4.78 is 14.6. The number of rotatable bonds is 1. The van der Waals surface area contributed by atoms with Gasteiger partial charge >= 0.3 is 0 Å². The Bertz CT molecular complexity index is 467. The van der Waals surface area contributed by atoms with E-state index in [2.05, 4.69) is 10.3 Å². The second-order valence-electron chi connectivity index (χ2n) is 2.91. The smallest absolute Gasteiger partial charge is 0.142 e. The van der Waals surface area contributed by atoms with E-state index in [1.54, 1.807) is 24.0 Å². The highest BCUT2D eigenvalue weighted by Crippen LogP contribution is 2.21. The van der Waals surface area contributed by atoms with Gasteiger partial charge in [0.15, 0.2) is 0 Å². The van der Waals surface area contributed by atoms with Gasteiger partial charge in [-0.25, -0.2) is 4.39 Å². The third-order valence-corrected chi connectivity index (χ3v) is 2.12. The topological polar surface area (TPSA) is 30.7 Å². The van der Waals surface area contributed by atoms with Crippen molar-refractivity contribution in [2.24, 2.45) is 7.05 Å². The van der Waals surface area contributed by atoms with Crippen molar-refractivity contribution in [3.8, 4) is 11.3 Å². The lowest BCUT2D eigenvalue weighted by molar-refractivity contribution is 0.628. The Labute approximate surface area is 85.1 Å². The molecule has 0 aliphatic rings. The molecular formula is C9H7ClFN3. The maximum absolute atomic E-state index is 13.1. The maximum atomic E-state index is 13.1. The standard InChI is InChI=1S/C9H7ClFN3/c1-14-5-9(12-13-14)6-2-3-7(10)8(11)4-6/h2-5H,1H3. The minimum Gasteiger partial charge on any atom is -0.255 e. The molecule has 0 saturated heterocycles. The lowest BCUT2D eigenvalue weighted by atomic mass is 10.2. The van der Waals surface area contributed by atoms with Crippen molar-refractivity contribution in [1.82, 2.24) is 15.0 Å². The van der Waals surface area contributed by atoms with Crippen LogP contribution in [-0.2, 0) is 7.05 Å². The molecule has 3 nitrogen and oxygen atoms in total. The van der Waals surface area contributed by atoms with E-state index in [1.807, 2.05) is 0 Å². The van der Waals surface area contributed by atoms with Crippen molar-refractivity contribution in [1.29, 1.82) is 0 Å². The van der Waals surface area contributed by atoms with Crippen LogP contribution in [0.5, 0.6) is 0 Å². The highest BCUT2D eigenvalue weighted by molar-refractivity contribution is 6.30. The predicted molar refractivity (Wildman–Crippen MR) is 51.4 cm³/mol. The van der Waals surface area contributed by atoms with Crippen molar-refractivity contribution >= 4 is 11.6 Å². The van der Waals surface area contributed by atoms with Crippen molar-refractivity contribution in [2.75, 3.05) is 0 Å². The first kappa shape index (κ1) is 9.15. The average molecular weight is 212 g/mol. The molecular weight excluding hydrogens is 205 g/mol. The molecule has 0 aliphatic carbocycles.